The van der Waals surface area contributed by atoms with Crippen molar-refractivity contribution in [1.82, 2.24) is 4.90 Å². The first-order valence-corrected chi connectivity index (χ1v) is 4.34. The molecule has 15 heavy (non-hydrogen) atoms. The van der Waals surface area contributed by atoms with Gasteiger partial charge in [0, 0.05) is 0 Å². The van der Waals surface area contributed by atoms with E-state index in [0.29, 0.717) is 13.2 Å². The molecule has 78 valence electrons. The zero-order valence-corrected chi connectivity index (χ0v) is 8.10. The van der Waals surface area contributed by atoms with Crippen LogP contribution in [-0.4, -0.2) is 37.1 Å². The molecule has 1 rings (SSSR count). The van der Waals surface area contributed by atoms with E-state index in [1.807, 2.05) is 6.07 Å². The molecule has 0 aromatic rings. The minimum atomic E-state index is -0.422. The fourth-order valence-corrected chi connectivity index (χ4v) is 1.03. The smallest absolute Gasteiger partial charge is 0.293 e. The van der Waals surface area contributed by atoms with Crippen molar-refractivity contribution in [2.24, 2.45) is 0 Å². The average Bonchev–Trinajstić information content (AvgIpc) is 2.29. The highest BCUT2D eigenvalue weighted by molar-refractivity contribution is 5.91. The number of rotatable bonds is 3. The third kappa shape index (κ3) is 2.92. The second kappa shape index (κ2) is 5.56. The van der Waals surface area contributed by atoms with E-state index in [-0.39, 0.29) is 18.8 Å². The van der Waals surface area contributed by atoms with Crippen LogP contribution in [0.15, 0.2) is 12.0 Å². The molecule has 0 aliphatic carbocycles. The van der Waals surface area contributed by atoms with Crippen molar-refractivity contribution in [3.63, 3.8) is 0 Å². The van der Waals surface area contributed by atoms with Gasteiger partial charge in [-0.1, -0.05) is 5.92 Å². The molecule has 0 radical (unpaired) electrons. The Morgan fingerprint density at radius 1 is 1.60 bits per heavy atom. The van der Waals surface area contributed by atoms with Crippen molar-refractivity contribution >= 4 is 5.91 Å². The number of hydrogen-bond acceptors (Lipinski definition) is 4. The van der Waals surface area contributed by atoms with Gasteiger partial charge in [-0.3, -0.25) is 4.79 Å². The Bertz CT molecular complexity index is 333. The van der Waals surface area contributed by atoms with Crippen LogP contribution in [0.2, 0.25) is 0 Å². The Hall–Kier alpha value is -2.14. The fraction of sp³-hybridized carbons (Fsp3) is 0.400. The number of terminal acetylenes is 1. The molecule has 0 N–H and O–H groups in total. The van der Waals surface area contributed by atoms with Crippen LogP contribution in [0, 0.1) is 23.7 Å². The first-order chi connectivity index (χ1) is 7.29. The van der Waals surface area contributed by atoms with E-state index in [1.165, 1.54) is 11.2 Å². The summed E-state index contributed by atoms with van der Waals surface area (Å²) in [6.07, 6.45) is 6.32. The lowest BCUT2D eigenvalue weighted by molar-refractivity contribution is -0.131. The first-order valence-electron chi connectivity index (χ1n) is 4.34. The Kier molecular flexibility index (Phi) is 4.05. The predicted molar refractivity (Wildman–Crippen MR) is 51.0 cm³/mol. The molecule has 5 heteroatoms. The summed E-state index contributed by atoms with van der Waals surface area (Å²) in [4.78, 5) is 12.9. The van der Waals surface area contributed by atoms with Crippen LogP contribution in [0.5, 0.6) is 0 Å². The number of hydrogen-bond donors (Lipinski definition) is 0. The van der Waals surface area contributed by atoms with E-state index in [1.54, 1.807) is 0 Å². The standard InChI is InChI=1S/C10H10N2O3/c1-2-4-12(5-3-11)10(13)9-8-14-6-7-15-9/h1,8H,4-7H2. The lowest BCUT2D eigenvalue weighted by Crippen LogP contribution is -2.34. The molecule has 0 saturated carbocycles. The number of carbonyl (C=O) groups excluding carboxylic acids is 1. The van der Waals surface area contributed by atoms with Crippen molar-refractivity contribution in [3.8, 4) is 18.4 Å². The number of nitrogens with zero attached hydrogens (tertiary/aromatic N) is 2. The van der Waals surface area contributed by atoms with Gasteiger partial charge in [-0.15, -0.1) is 6.42 Å². The Morgan fingerprint density at radius 2 is 2.40 bits per heavy atom. The lowest BCUT2D eigenvalue weighted by Gasteiger charge is -2.20. The topological polar surface area (TPSA) is 62.6 Å². The molecule has 5 nitrogen and oxygen atoms in total. The van der Waals surface area contributed by atoms with Crippen molar-refractivity contribution in [1.29, 1.82) is 5.26 Å². The second-order valence-electron chi connectivity index (χ2n) is 2.72. The minimum absolute atomic E-state index is 0.0657. The maximum atomic E-state index is 11.7. The monoisotopic (exact) mass is 206 g/mol. The largest absolute Gasteiger partial charge is 0.494 e. The summed E-state index contributed by atoms with van der Waals surface area (Å²) in [5, 5.41) is 8.51. The summed E-state index contributed by atoms with van der Waals surface area (Å²) in [6.45, 7) is 0.759. The first kappa shape index (κ1) is 10.9. The van der Waals surface area contributed by atoms with Crippen molar-refractivity contribution < 1.29 is 14.3 Å². The van der Waals surface area contributed by atoms with E-state index in [9.17, 15) is 4.79 Å². The molecular formula is C10H10N2O3. The number of carbonyl (C=O) groups is 1. The molecule has 1 amide bonds. The molecule has 0 atom stereocenters. The van der Waals surface area contributed by atoms with Gasteiger partial charge in [-0.2, -0.15) is 5.26 Å². The summed E-state index contributed by atoms with van der Waals surface area (Å²) >= 11 is 0. The van der Waals surface area contributed by atoms with Crippen LogP contribution in [0.4, 0.5) is 0 Å². The summed E-state index contributed by atoms with van der Waals surface area (Å²) in [5.74, 6) is 1.97. The Morgan fingerprint density at radius 3 is 2.93 bits per heavy atom. The fourth-order valence-electron chi connectivity index (χ4n) is 1.03. The van der Waals surface area contributed by atoms with Crippen molar-refractivity contribution in [2.75, 3.05) is 26.3 Å². The molecular weight excluding hydrogens is 196 g/mol. The van der Waals surface area contributed by atoms with E-state index in [4.69, 9.17) is 21.2 Å². The number of ether oxygens (including phenoxy) is 2. The maximum Gasteiger partial charge on any atom is 0.293 e. The SMILES string of the molecule is C#CCN(CC#N)C(=O)C1=COCCO1. The van der Waals surface area contributed by atoms with Crippen LogP contribution >= 0.6 is 0 Å². The molecule has 0 aromatic heterocycles. The van der Waals surface area contributed by atoms with Gasteiger partial charge >= 0.3 is 0 Å². The van der Waals surface area contributed by atoms with E-state index >= 15 is 0 Å². The van der Waals surface area contributed by atoms with Crippen LogP contribution in [0.25, 0.3) is 0 Å². The quantitative estimate of drug-likeness (QED) is 0.476. The maximum absolute atomic E-state index is 11.7. The van der Waals surface area contributed by atoms with Gasteiger partial charge in [0.25, 0.3) is 5.91 Å². The molecule has 0 aromatic carbocycles. The van der Waals surface area contributed by atoms with Crippen LogP contribution in [0.1, 0.15) is 0 Å². The second-order valence-corrected chi connectivity index (χ2v) is 2.72. The molecule has 1 aliphatic rings. The zero-order chi connectivity index (χ0) is 11.1. The highest BCUT2D eigenvalue weighted by Crippen LogP contribution is 2.08. The third-order valence-corrected chi connectivity index (χ3v) is 1.69. The van der Waals surface area contributed by atoms with Gasteiger partial charge in [0.2, 0.25) is 5.76 Å². The van der Waals surface area contributed by atoms with Gasteiger partial charge in [-0.05, 0) is 0 Å². The predicted octanol–water partition coefficient (Wildman–Crippen LogP) is -0.140. The Labute approximate surface area is 87.9 Å². The van der Waals surface area contributed by atoms with Gasteiger partial charge in [0.1, 0.15) is 26.0 Å². The molecule has 0 spiro atoms. The molecule has 1 aliphatic heterocycles. The normalized spacial score (nSPS) is 13.6. The summed E-state index contributed by atoms with van der Waals surface area (Å²) in [6, 6.07) is 1.86. The lowest BCUT2D eigenvalue weighted by atomic mass is 10.4. The van der Waals surface area contributed by atoms with Crippen molar-refractivity contribution in [2.45, 2.75) is 0 Å². The van der Waals surface area contributed by atoms with E-state index in [2.05, 4.69) is 5.92 Å². The minimum Gasteiger partial charge on any atom is -0.494 e. The van der Waals surface area contributed by atoms with Gasteiger partial charge in [0.15, 0.2) is 0 Å². The third-order valence-electron chi connectivity index (χ3n) is 1.69. The average molecular weight is 206 g/mol. The summed E-state index contributed by atoms with van der Waals surface area (Å²) in [5.41, 5.74) is 0. The van der Waals surface area contributed by atoms with Crippen LogP contribution < -0.4 is 0 Å². The summed E-state index contributed by atoms with van der Waals surface area (Å²) < 4.78 is 10.0. The summed E-state index contributed by atoms with van der Waals surface area (Å²) in [7, 11) is 0. The highest BCUT2D eigenvalue weighted by atomic mass is 16.6. The molecule has 0 bridgehead atoms. The molecule has 1 heterocycles. The highest BCUT2D eigenvalue weighted by Gasteiger charge is 2.21. The van der Waals surface area contributed by atoms with Gasteiger partial charge in [-0.25, -0.2) is 0 Å². The van der Waals surface area contributed by atoms with Crippen LogP contribution in [0.3, 0.4) is 0 Å². The van der Waals surface area contributed by atoms with Crippen LogP contribution in [-0.2, 0) is 14.3 Å². The van der Waals surface area contributed by atoms with Gasteiger partial charge in [0.05, 0.1) is 12.6 Å². The number of nitriles is 1. The Balaban J connectivity index is 2.67. The molecule has 0 unspecified atom stereocenters. The zero-order valence-electron chi connectivity index (χ0n) is 8.10. The van der Waals surface area contributed by atoms with E-state index in [0.717, 1.165) is 0 Å². The molecule has 0 saturated heterocycles. The molecule has 0 fully saturated rings. The number of amides is 1. The van der Waals surface area contributed by atoms with Crippen molar-refractivity contribution in [3.05, 3.63) is 12.0 Å². The van der Waals surface area contributed by atoms with E-state index < -0.39 is 5.91 Å². The van der Waals surface area contributed by atoms with Gasteiger partial charge < -0.3 is 14.4 Å².